The predicted octanol–water partition coefficient (Wildman–Crippen LogP) is 5.14. The van der Waals surface area contributed by atoms with E-state index in [1.807, 2.05) is 74.5 Å². The molecule has 0 aromatic rings. The van der Waals surface area contributed by atoms with Crippen LogP contribution >= 0.6 is 0 Å². The smallest absolute Gasteiger partial charge is 0.408 e. The summed E-state index contributed by atoms with van der Waals surface area (Å²) in [5.41, 5.74) is -2.43. The van der Waals surface area contributed by atoms with Crippen molar-refractivity contribution in [3.05, 3.63) is 17.4 Å². The zero-order chi connectivity index (χ0) is 25.1. The molecule has 1 rings (SSSR count). The van der Waals surface area contributed by atoms with E-state index in [0.29, 0.717) is 18.8 Å². The number of carbonyl (C=O) groups is 2. The molecule has 0 radical (unpaired) electrons. The molecule has 2 N–H and O–H groups in total. The average molecular weight is 453 g/mol. The number of hydroxylamine groups is 2. The first-order valence-electron chi connectivity index (χ1n) is 11.7. The van der Waals surface area contributed by atoms with E-state index in [9.17, 15) is 14.8 Å². The van der Waals surface area contributed by atoms with E-state index in [2.05, 4.69) is 24.5 Å². The van der Waals surface area contributed by atoms with Crippen LogP contribution in [0.15, 0.2) is 12.2 Å². The van der Waals surface area contributed by atoms with E-state index in [0.717, 1.165) is 11.5 Å². The zero-order valence-electron chi connectivity index (χ0n) is 22.1. The van der Waals surface area contributed by atoms with Crippen molar-refractivity contribution in [1.29, 1.82) is 0 Å². The lowest BCUT2D eigenvalue weighted by Gasteiger charge is -2.60. The molecule has 0 bridgehead atoms. The highest BCUT2D eigenvalue weighted by molar-refractivity contribution is 5.84. The fourth-order valence-electron chi connectivity index (χ4n) is 4.32. The number of alkyl carbamates (subject to hydrolysis) is 1. The van der Waals surface area contributed by atoms with Crippen LogP contribution in [-0.2, 0) is 9.53 Å². The second-order valence-corrected chi connectivity index (χ2v) is 12.5. The summed E-state index contributed by atoms with van der Waals surface area (Å²) in [6.45, 7) is 21.0. The Kier molecular flexibility index (Phi) is 8.99. The van der Waals surface area contributed by atoms with Gasteiger partial charge in [-0.15, -0.1) is 0 Å². The average Bonchev–Trinajstić information content (AvgIpc) is 2.54. The topological polar surface area (TPSA) is 93.7 Å². The maximum atomic E-state index is 13.1. The second-order valence-electron chi connectivity index (χ2n) is 12.5. The van der Waals surface area contributed by atoms with Gasteiger partial charge in [0.15, 0.2) is 0 Å². The highest BCUT2D eigenvalue weighted by Crippen LogP contribution is 2.37. The molecule has 0 aliphatic carbocycles. The number of amides is 2. The second kappa shape index (κ2) is 10.1. The normalized spacial score (nSPS) is 20.9. The van der Waals surface area contributed by atoms with Gasteiger partial charge in [-0.2, -0.15) is 0 Å². The number of carbonyl (C=O) groups excluding carboxylic acids is 2. The minimum atomic E-state index is -0.770. The van der Waals surface area contributed by atoms with Crippen molar-refractivity contribution in [2.75, 3.05) is 0 Å². The number of nitrogens with zero attached hydrogens (tertiary/aromatic N) is 1. The maximum Gasteiger partial charge on any atom is 0.408 e. The third-order valence-electron chi connectivity index (χ3n) is 5.68. The quantitative estimate of drug-likeness (QED) is 0.521. The predicted molar refractivity (Wildman–Crippen MR) is 130 cm³/mol. The van der Waals surface area contributed by atoms with Crippen molar-refractivity contribution in [1.82, 2.24) is 15.7 Å². The lowest BCUT2D eigenvalue weighted by Crippen LogP contribution is -2.62. The van der Waals surface area contributed by atoms with Gasteiger partial charge in [0.05, 0.1) is 11.5 Å². The van der Waals surface area contributed by atoms with Crippen molar-refractivity contribution < 1.29 is 14.3 Å². The van der Waals surface area contributed by atoms with E-state index in [-0.39, 0.29) is 18.0 Å². The van der Waals surface area contributed by atoms with Crippen molar-refractivity contribution in [2.45, 2.75) is 124 Å². The first kappa shape index (κ1) is 28.4. The van der Waals surface area contributed by atoms with Crippen LogP contribution < -0.4 is 10.6 Å². The number of piperidine rings is 1. The molecular weight excluding hydrogens is 406 g/mol. The van der Waals surface area contributed by atoms with Gasteiger partial charge in [0.25, 0.3) is 0 Å². The molecule has 1 aliphatic rings. The lowest BCUT2D eigenvalue weighted by molar-refractivity contribution is -0.129. The monoisotopic (exact) mass is 452 g/mol. The highest BCUT2D eigenvalue weighted by atomic mass is 16.6. The summed E-state index contributed by atoms with van der Waals surface area (Å²) >= 11 is 0. The molecule has 7 nitrogen and oxygen atoms in total. The van der Waals surface area contributed by atoms with Crippen molar-refractivity contribution in [3.63, 3.8) is 0 Å². The highest BCUT2D eigenvalue weighted by Gasteiger charge is 2.41. The van der Waals surface area contributed by atoms with Crippen LogP contribution in [-0.4, -0.2) is 45.8 Å². The fourth-order valence-corrected chi connectivity index (χ4v) is 4.32. The summed E-state index contributed by atoms with van der Waals surface area (Å²) in [7, 11) is 0. The van der Waals surface area contributed by atoms with E-state index in [1.54, 1.807) is 0 Å². The number of nitrogens with one attached hydrogen (secondary N) is 2. The molecular formula is C25H46N3O4-. The van der Waals surface area contributed by atoms with Crippen LogP contribution in [0.5, 0.6) is 0 Å². The molecule has 7 heteroatoms. The Morgan fingerprint density at radius 1 is 1.09 bits per heavy atom. The largest absolute Gasteiger partial charge is 0.784 e. The molecule has 1 saturated heterocycles. The third-order valence-corrected chi connectivity index (χ3v) is 5.68. The third kappa shape index (κ3) is 8.74. The standard InChI is InChI=1S/C25H46N3O4/c1-17(2)14-18(27-21(30)32-22(3,4)5)12-13-23(6,7)20(29)26-19-15-24(8,9)28(31)25(10,11)16-19/h12-13,17-19H,14-16H2,1-11H3,(H,26,29)(H,27,30)/q-1/b13-12+/t18-/m1/s1. The minimum absolute atomic E-state index is 0.0725. The van der Waals surface area contributed by atoms with Crippen LogP contribution in [0.1, 0.15) is 95.4 Å². The van der Waals surface area contributed by atoms with Crippen molar-refractivity contribution in [3.8, 4) is 0 Å². The van der Waals surface area contributed by atoms with Crippen LogP contribution in [0.4, 0.5) is 4.79 Å². The van der Waals surface area contributed by atoms with Crippen LogP contribution in [0.2, 0.25) is 0 Å². The molecule has 0 aromatic carbocycles. The Morgan fingerprint density at radius 3 is 2.03 bits per heavy atom. The molecule has 2 amide bonds. The molecule has 1 aliphatic heterocycles. The number of hydrogen-bond donors (Lipinski definition) is 2. The molecule has 1 fully saturated rings. The summed E-state index contributed by atoms with van der Waals surface area (Å²) in [5, 5.41) is 19.8. The lowest BCUT2D eigenvalue weighted by atomic mass is 9.78. The van der Waals surface area contributed by atoms with Gasteiger partial charge >= 0.3 is 6.09 Å². The first-order chi connectivity index (χ1) is 14.2. The van der Waals surface area contributed by atoms with Gasteiger partial charge in [-0.3, -0.25) is 4.79 Å². The fraction of sp³-hybridized carbons (Fsp3) is 0.840. The maximum absolute atomic E-state index is 13.1. The Balaban J connectivity index is 2.88. The van der Waals surface area contributed by atoms with Crippen molar-refractivity contribution in [2.24, 2.45) is 11.3 Å². The van der Waals surface area contributed by atoms with Gasteiger partial charge in [-0.05, 0) is 87.5 Å². The number of hydrogen-bond acceptors (Lipinski definition) is 5. The van der Waals surface area contributed by atoms with Gasteiger partial charge in [0.1, 0.15) is 5.60 Å². The first-order valence-corrected chi connectivity index (χ1v) is 11.7. The summed E-state index contributed by atoms with van der Waals surface area (Å²) in [6, 6.07) is -0.310. The summed E-state index contributed by atoms with van der Waals surface area (Å²) < 4.78 is 5.38. The van der Waals surface area contributed by atoms with E-state index >= 15 is 0 Å². The Hall–Kier alpha value is -1.60. The Bertz CT molecular complexity index is 672. The molecule has 0 aromatic heterocycles. The minimum Gasteiger partial charge on any atom is -0.784 e. The number of rotatable bonds is 7. The number of ether oxygens (including phenoxy) is 1. The van der Waals surface area contributed by atoms with Gasteiger partial charge < -0.3 is 25.6 Å². The van der Waals surface area contributed by atoms with Crippen LogP contribution in [0, 0.1) is 16.5 Å². The van der Waals surface area contributed by atoms with Crippen LogP contribution in [0.3, 0.4) is 0 Å². The molecule has 1 heterocycles. The summed E-state index contributed by atoms with van der Waals surface area (Å²) in [5.74, 6) is 0.267. The molecule has 0 saturated carbocycles. The molecule has 32 heavy (non-hydrogen) atoms. The van der Waals surface area contributed by atoms with Crippen LogP contribution in [0.25, 0.3) is 0 Å². The van der Waals surface area contributed by atoms with E-state index in [4.69, 9.17) is 4.74 Å². The molecule has 186 valence electrons. The van der Waals surface area contributed by atoms with Gasteiger partial charge in [0.2, 0.25) is 5.91 Å². The summed E-state index contributed by atoms with van der Waals surface area (Å²) in [6.07, 6.45) is 5.20. The van der Waals surface area contributed by atoms with Gasteiger partial charge in [-0.1, -0.05) is 26.0 Å². The zero-order valence-corrected chi connectivity index (χ0v) is 22.1. The SMILES string of the molecule is CC(C)C[C@@H](/C=C/C(C)(C)C(=O)NC1CC(C)(C)N([O-])C(C)(C)C1)NC(=O)OC(C)(C)C. The summed E-state index contributed by atoms with van der Waals surface area (Å²) in [4.78, 5) is 25.4. The van der Waals surface area contributed by atoms with E-state index in [1.165, 1.54) is 0 Å². The Morgan fingerprint density at radius 2 is 1.59 bits per heavy atom. The van der Waals surface area contributed by atoms with Gasteiger partial charge in [0, 0.05) is 17.1 Å². The van der Waals surface area contributed by atoms with Crippen molar-refractivity contribution >= 4 is 12.0 Å². The van der Waals surface area contributed by atoms with E-state index < -0.39 is 28.2 Å². The van der Waals surface area contributed by atoms with Gasteiger partial charge in [-0.25, -0.2) is 4.79 Å². The molecule has 0 spiro atoms. The molecule has 0 unspecified atom stereocenters. The molecule has 1 atom stereocenters. The Labute approximate surface area is 195 Å².